The number of nitrogens with zero attached hydrogens (tertiary/aromatic N) is 1. The first-order chi connectivity index (χ1) is 25.0. The molecule has 0 spiro atoms. The minimum Gasteiger partial charge on any atom is -0.392 e. The van der Waals surface area contributed by atoms with Crippen molar-refractivity contribution in [2.24, 2.45) is 11.7 Å². The summed E-state index contributed by atoms with van der Waals surface area (Å²) in [6.07, 6.45) is 3.23. The van der Waals surface area contributed by atoms with Gasteiger partial charge in [0.05, 0.1) is 59.5 Å². The van der Waals surface area contributed by atoms with Crippen molar-refractivity contribution >= 4 is 41.1 Å². The smallest absolute Gasteiger partial charge is 0.253 e. The minimum absolute atomic E-state index is 0.0215. The molecule has 17 heteroatoms. The Morgan fingerprint density at radius 2 is 1.35 bits per heavy atom. The topological polar surface area (TPSA) is 237 Å². The number of imide groups is 1. The summed E-state index contributed by atoms with van der Waals surface area (Å²) in [7, 11) is 0. The average Bonchev–Trinajstić information content (AvgIpc) is 3.45. The zero-order chi connectivity index (χ0) is 38.1. The second kappa shape index (κ2) is 25.7. The molecule has 6 amide bonds. The fourth-order valence-corrected chi connectivity index (χ4v) is 4.70. The summed E-state index contributed by atoms with van der Waals surface area (Å²) in [5.74, 6) is -2.64. The van der Waals surface area contributed by atoms with Crippen LogP contribution in [0, 0.1) is 5.92 Å². The van der Waals surface area contributed by atoms with Gasteiger partial charge in [-0.2, -0.15) is 0 Å². The van der Waals surface area contributed by atoms with Crippen LogP contribution in [-0.2, 0) is 54.3 Å². The second-order valence-corrected chi connectivity index (χ2v) is 12.1. The largest absolute Gasteiger partial charge is 0.392 e. The van der Waals surface area contributed by atoms with Gasteiger partial charge < -0.3 is 51.1 Å². The van der Waals surface area contributed by atoms with Gasteiger partial charge in [-0.3, -0.25) is 33.7 Å². The maximum absolute atomic E-state index is 13.2. The van der Waals surface area contributed by atoms with E-state index in [1.807, 2.05) is 0 Å². The van der Waals surface area contributed by atoms with E-state index < -0.39 is 35.7 Å². The molecule has 0 radical (unpaired) electrons. The number of aliphatic hydroxyl groups excluding tert-OH is 1. The summed E-state index contributed by atoms with van der Waals surface area (Å²) in [4.78, 5) is 74.5. The third kappa shape index (κ3) is 17.8. The Labute approximate surface area is 304 Å². The van der Waals surface area contributed by atoms with Gasteiger partial charge >= 0.3 is 0 Å². The number of anilines is 1. The van der Waals surface area contributed by atoms with Crippen LogP contribution in [-0.4, -0.2) is 130 Å². The van der Waals surface area contributed by atoms with Crippen LogP contribution in [0.4, 0.5) is 5.69 Å². The van der Waals surface area contributed by atoms with Crippen molar-refractivity contribution in [2.75, 3.05) is 77.8 Å². The number of hydrogen-bond acceptors (Lipinski definition) is 12. The van der Waals surface area contributed by atoms with E-state index in [0.29, 0.717) is 63.7 Å². The Morgan fingerprint density at radius 3 is 1.90 bits per heavy atom. The van der Waals surface area contributed by atoms with Crippen LogP contribution in [0.5, 0.6) is 0 Å². The van der Waals surface area contributed by atoms with Gasteiger partial charge in [-0.15, -0.1) is 0 Å². The lowest BCUT2D eigenvalue weighted by atomic mass is 10.0. The van der Waals surface area contributed by atoms with Gasteiger partial charge in [-0.1, -0.05) is 26.0 Å². The van der Waals surface area contributed by atoms with E-state index in [9.17, 15) is 33.9 Å². The van der Waals surface area contributed by atoms with E-state index in [2.05, 4.69) is 21.3 Å². The zero-order valence-corrected chi connectivity index (χ0v) is 30.1. The maximum Gasteiger partial charge on any atom is 0.253 e. The monoisotopic (exact) mass is 734 g/mol. The lowest BCUT2D eigenvalue weighted by molar-refractivity contribution is -0.137. The highest BCUT2D eigenvalue weighted by atomic mass is 16.6. The van der Waals surface area contributed by atoms with E-state index >= 15 is 0 Å². The zero-order valence-electron chi connectivity index (χ0n) is 30.1. The highest BCUT2D eigenvalue weighted by Gasteiger charge is 2.29. The predicted molar refractivity (Wildman–Crippen MR) is 189 cm³/mol. The van der Waals surface area contributed by atoms with Gasteiger partial charge in [0, 0.05) is 43.8 Å². The summed E-state index contributed by atoms with van der Waals surface area (Å²) in [5, 5.41) is 20.2. The number of nitrogens with two attached hydrogens (primary N) is 1. The molecule has 52 heavy (non-hydrogen) atoms. The molecule has 0 unspecified atom stereocenters. The van der Waals surface area contributed by atoms with Crippen molar-refractivity contribution in [3.05, 3.63) is 42.0 Å². The predicted octanol–water partition coefficient (Wildman–Crippen LogP) is -0.630. The van der Waals surface area contributed by atoms with Crippen molar-refractivity contribution in [3.8, 4) is 0 Å². The highest BCUT2D eigenvalue weighted by Crippen LogP contribution is 2.12. The van der Waals surface area contributed by atoms with Crippen LogP contribution in [0.1, 0.15) is 45.1 Å². The van der Waals surface area contributed by atoms with E-state index in [0.717, 1.165) is 4.90 Å². The molecule has 1 heterocycles. The molecule has 0 bridgehead atoms. The fraction of sp³-hybridized carbons (Fsp3) is 0.600. The average molecular weight is 735 g/mol. The number of amides is 6. The first kappa shape index (κ1) is 43.9. The molecule has 0 aliphatic carbocycles. The van der Waals surface area contributed by atoms with E-state index in [1.165, 1.54) is 12.2 Å². The summed E-state index contributed by atoms with van der Waals surface area (Å²) in [5.41, 5.74) is 6.87. The van der Waals surface area contributed by atoms with Crippen LogP contribution in [0.15, 0.2) is 36.4 Å². The molecule has 7 N–H and O–H groups in total. The second-order valence-electron chi connectivity index (χ2n) is 12.1. The van der Waals surface area contributed by atoms with Gasteiger partial charge in [0.1, 0.15) is 12.1 Å². The Balaban J connectivity index is 1.51. The summed E-state index contributed by atoms with van der Waals surface area (Å²) >= 11 is 0. The molecule has 1 aliphatic rings. The van der Waals surface area contributed by atoms with E-state index in [-0.39, 0.29) is 70.1 Å². The van der Waals surface area contributed by atoms with Gasteiger partial charge in [0.2, 0.25) is 23.6 Å². The Morgan fingerprint density at radius 1 is 0.769 bits per heavy atom. The third-order valence-corrected chi connectivity index (χ3v) is 7.62. The third-order valence-electron chi connectivity index (χ3n) is 7.62. The van der Waals surface area contributed by atoms with Gasteiger partial charge in [-0.05, 0) is 43.0 Å². The summed E-state index contributed by atoms with van der Waals surface area (Å²) in [6.45, 7) is 6.45. The van der Waals surface area contributed by atoms with Gasteiger partial charge in [-0.25, -0.2) is 0 Å². The van der Waals surface area contributed by atoms with Crippen molar-refractivity contribution in [2.45, 2.75) is 58.2 Å². The normalized spacial score (nSPS) is 13.7. The number of carbonyl (C=O) groups excluding carboxylic acids is 6. The Bertz CT molecular complexity index is 1290. The first-order valence-corrected chi connectivity index (χ1v) is 17.5. The number of rotatable bonds is 28. The molecular weight excluding hydrogens is 680 g/mol. The fourth-order valence-electron chi connectivity index (χ4n) is 4.70. The molecule has 0 saturated carbocycles. The number of ether oxygens (including phenoxy) is 4. The number of nitrogens with one attached hydrogen (secondary N) is 4. The molecule has 1 aromatic carbocycles. The first-order valence-electron chi connectivity index (χ1n) is 17.5. The van der Waals surface area contributed by atoms with E-state index in [1.54, 1.807) is 38.1 Å². The molecule has 0 saturated heterocycles. The van der Waals surface area contributed by atoms with E-state index in [4.69, 9.17) is 24.7 Å². The maximum atomic E-state index is 13.2. The van der Waals surface area contributed by atoms with Crippen LogP contribution >= 0.6 is 0 Å². The Hall–Kier alpha value is -4.26. The molecule has 17 nitrogen and oxygen atoms in total. The number of benzene rings is 1. The number of hydrogen-bond donors (Lipinski definition) is 6. The van der Waals surface area contributed by atoms with Crippen LogP contribution < -0.4 is 27.0 Å². The molecule has 1 aromatic rings. The molecule has 290 valence electrons. The molecule has 2 rings (SSSR count). The van der Waals surface area contributed by atoms with Gasteiger partial charge in [0.25, 0.3) is 11.8 Å². The number of aliphatic hydroxyl groups is 1. The van der Waals surface area contributed by atoms with Crippen molar-refractivity contribution in [1.82, 2.24) is 20.9 Å². The SMILES string of the molecule is CC(C)[C@H](NC(=O)CCOCCOCCOCCOCCNC(=O)CCN1C(=O)C=CC1=O)C(=O)N[C@@H](CCCN)C(=O)Nc1ccc(CO)cc1. The molecule has 0 aromatic heterocycles. The highest BCUT2D eigenvalue weighted by molar-refractivity contribution is 6.13. The van der Waals surface area contributed by atoms with Crippen molar-refractivity contribution in [3.63, 3.8) is 0 Å². The molecule has 2 atom stereocenters. The Kier molecular flexibility index (Phi) is 21.7. The minimum atomic E-state index is -0.866. The standard InChI is InChI=1S/C35H54N6O11/c1-25(2)33(35(48)39-28(4-3-13-36)34(47)38-27-7-5-26(24-42)6-8-27)40-30(44)12-16-49-18-20-51-22-23-52-21-19-50-17-14-37-29(43)11-15-41-31(45)9-10-32(41)46/h5-10,25,28,33,42H,3-4,11-24,36H2,1-2H3,(H,37,43)(H,38,47)(H,39,48)(H,40,44)/t28-,33-/m0/s1. The number of carbonyl (C=O) groups is 6. The van der Waals surface area contributed by atoms with Crippen LogP contribution in [0.2, 0.25) is 0 Å². The lowest BCUT2D eigenvalue weighted by Crippen LogP contribution is -2.54. The van der Waals surface area contributed by atoms with Crippen molar-refractivity contribution in [1.29, 1.82) is 0 Å². The van der Waals surface area contributed by atoms with Crippen LogP contribution in [0.25, 0.3) is 0 Å². The van der Waals surface area contributed by atoms with Crippen LogP contribution in [0.3, 0.4) is 0 Å². The summed E-state index contributed by atoms with van der Waals surface area (Å²) < 4.78 is 21.8. The van der Waals surface area contributed by atoms with Gasteiger partial charge in [0.15, 0.2) is 0 Å². The summed E-state index contributed by atoms with van der Waals surface area (Å²) in [6, 6.07) is 4.97. The molecule has 1 aliphatic heterocycles. The molecule has 0 fully saturated rings. The van der Waals surface area contributed by atoms with Crippen molar-refractivity contribution < 1.29 is 52.8 Å². The quantitative estimate of drug-likeness (QED) is 0.0466. The molecular formula is C35H54N6O11. The lowest BCUT2D eigenvalue weighted by Gasteiger charge is -2.25.